The predicted octanol–water partition coefficient (Wildman–Crippen LogP) is 1.96. The average molecular weight is 310 g/mol. The Labute approximate surface area is 98.8 Å². The summed E-state index contributed by atoms with van der Waals surface area (Å²) in [5.41, 5.74) is 0. The van der Waals surface area contributed by atoms with Crippen molar-refractivity contribution >= 4 is 38.5 Å². The highest BCUT2D eigenvalue weighted by molar-refractivity contribution is 14.1. The van der Waals surface area contributed by atoms with Crippen LogP contribution in [0.3, 0.4) is 0 Å². The zero-order chi connectivity index (χ0) is 9.80. The van der Waals surface area contributed by atoms with E-state index in [-0.39, 0.29) is 0 Å². The van der Waals surface area contributed by atoms with Crippen LogP contribution < -0.4 is 10.4 Å². The maximum Gasteiger partial charge on any atom is 0.170 e. The molecule has 0 atom stereocenters. The van der Waals surface area contributed by atoms with Gasteiger partial charge in [0, 0.05) is 0 Å². The van der Waals surface area contributed by atoms with Crippen LogP contribution in [0, 0.1) is 0 Å². The van der Waals surface area contributed by atoms with Gasteiger partial charge in [0.2, 0.25) is 0 Å². The Morgan fingerprint density at radius 3 is 1.36 bits per heavy atom. The summed E-state index contributed by atoms with van der Waals surface area (Å²) >= 11 is 2.61. The van der Waals surface area contributed by atoms with Gasteiger partial charge in [-0.15, -0.1) is 21.8 Å². The number of hydrogen-bond donors (Lipinski definition) is 0. The summed E-state index contributed by atoms with van der Waals surface area (Å²) in [6.45, 7) is 0. The largest absolute Gasteiger partial charge is 0.170 e. The predicted molar refractivity (Wildman–Crippen MR) is 73.3 cm³/mol. The normalized spacial score (nSPS) is 10.4. The molecule has 0 saturated carbocycles. The fourth-order valence-electron chi connectivity index (χ4n) is 1.44. The van der Waals surface area contributed by atoms with Crippen LogP contribution in [0.25, 0.3) is 0 Å². The molecule has 0 radical (unpaired) electrons. The minimum absolute atomic E-state index is 0.949. The van der Waals surface area contributed by atoms with E-state index < -0.39 is 6.29 Å². The van der Waals surface area contributed by atoms with Gasteiger partial charge >= 0.3 is 0 Å². The lowest BCUT2D eigenvalue weighted by molar-refractivity contribution is 1.75. The van der Waals surface area contributed by atoms with Crippen LogP contribution in [0.4, 0.5) is 0 Å². The third-order valence-corrected chi connectivity index (χ3v) is 8.44. The van der Waals surface area contributed by atoms with Crippen molar-refractivity contribution in [3.63, 3.8) is 0 Å². The minimum atomic E-state index is -0.949. The van der Waals surface area contributed by atoms with Gasteiger partial charge < -0.3 is 0 Å². The quantitative estimate of drug-likeness (QED) is 0.452. The van der Waals surface area contributed by atoms with Gasteiger partial charge in [-0.05, 0) is 10.4 Å². The van der Waals surface area contributed by atoms with Crippen LogP contribution in [0.5, 0.6) is 0 Å². The zero-order valence-corrected chi connectivity index (χ0v) is 11.0. The molecule has 14 heavy (non-hydrogen) atoms. The van der Waals surface area contributed by atoms with E-state index in [0.29, 0.717) is 0 Å². The van der Waals surface area contributed by atoms with Gasteiger partial charge in [-0.25, -0.2) is 0 Å². The van der Waals surface area contributed by atoms with Gasteiger partial charge in [-0.2, -0.15) is 0 Å². The third kappa shape index (κ3) is 2.25. The highest BCUT2D eigenvalue weighted by atomic mass is 127. The van der Waals surface area contributed by atoms with Crippen molar-refractivity contribution in [2.75, 3.05) is 0 Å². The third-order valence-electron chi connectivity index (χ3n) is 2.18. The van der Waals surface area contributed by atoms with Gasteiger partial charge in [0.15, 0.2) is 6.29 Å². The molecule has 0 N–H and O–H groups in total. The van der Waals surface area contributed by atoms with E-state index in [1.165, 1.54) is 10.4 Å². The molecule has 0 aliphatic heterocycles. The number of rotatable bonds is 2. The van der Waals surface area contributed by atoms with Crippen molar-refractivity contribution in [2.24, 2.45) is 0 Å². The Morgan fingerprint density at radius 2 is 1.00 bits per heavy atom. The number of halogens is 1. The summed E-state index contributed by atoms with van der Waals surface area (Å²) in [7, 11) is 0. The SMILES string of the molecule is I[SiH](c1ccccc1)c1ccccc1. The first-order valence-electron chi connectivity index (χ1n) is 4.62. The first-order valence-corrected chi connectivity index (χ1v) is 9.94. The fourth-order valence-corrected chi connectivity index (χ4v) is 5.43. The molecule has 0 heterocycles. The Balaban J connectivity index is 2.30. The summed E-state index contributed by atoms with van der Waals surface area (Å²) < 4.78 is 0. The summed E-state index contributed by atoms with van der Waals surface area (Å²) in [6, 6.07) is 21.6. The Kier molecular flexibility index (Phi) is 3.37. The molecule has 2 heteroatoms. The second kappa shape index (κ2) is 4.75. The fraction of sp³-hybridized carbons (Fsp3) is 0. The van der Waals surface area contributed by atoms with E-state index in [9.17, 15) is 0 Å². The van der Waals surface area contributed by atoms with Gasteiger partial charge in [0.25, 0.3) is 0 Å². The summed E-state index contributed by atoms with van der Waals surface area (Å²) in [5.74, 6) is 0. The minimum Gasteiger partial charge on any atom is -0.111 e. The van der Waals surface area contributed by atoms with E-state index in [4.69, 9.17) is 0 Å². The van der Waals surface area contributed by atoms with E-state index in [2.05, 4.69) is 82.5 Å². The molecule has 0 amide bonds. The molecule has 0 bridgehead atoms. The van der Waals surface area contributed by atoms with E-state index in [0.717, 1.165) is 0 Å². The average Bonchev–Trinajstić information content (AvgIpc) is 2.30. The molecule has 0 nitrogen and oxygen atoms in total. The van der Waals surface area contributed by atoms with E-state index in [1.807, 2.05) is 0 Å². The van der Waals surface area contributed by atoms with Crippen molar-refractivity contribution in [2.45, 2.75) is 0 Å². The Morgan fingerprint density at radius 1 is 0.643 bits per heavy atom. The molecular weight excluding hydrogens is 299 g/mol. The van der Waals surface area contributed by atoms with Crippen LogP contribution in [-0.2, 0) is 0 Å². The first kappa shape index (κ1) is 9.92. The molecule has 0 unspecified atom stereocenters. The highest BCUT2D eigenvalue weighted by Gasteiger charge is 2.10. The number of benzene rings is 2. The summed E-state index contributed by atoms with van der Waals surface area (Å²) in [4.78, 5) is 0. The molecule has 2 aromatic rings. The molecule has 0 fully saturated rings. The van der Waals surface area contributed by atoms with Crippen molar-refractivity contribution in [3.8, 4) is 0 Å². The van der Waals surface area contributed by atoms with Gasteiger partial charge in [0.05, 0.1) is 0 Å². The molecule has 0 saturated heterocycles. The molecule has 0 aromatic heterocycles. The lowest BCUT2D eigenvalue weighted by Gasteiger charge is -2.07. The molecule has 2 rings (SSSR count). The second-order valence-corrected chi connectivity index (χ2v) is 8.98. The first-order chi connectivity index (χ1) is 6.88. The van der Waals surface area contributed by atoms with Gasteiger partial charge in [-0.3, -0.25) is 0 Å². The Bertz CT molecular complexity index is 346. The van der Waals surface area contributed by atoms with Crippen LogP contribution in [0.15, 0.2) is 60.7 Å². The summed E-state index contributed by atoms with van der Waals surface area (Å²) in [6.07, 6.45) is -0.949. The highest BCUT2D eigenvalue weighted by Crippen LogP contribution is 1.98. The summed E-state index contributed by atoms with van der Waals surface area (Å²) in [5, 5.41) is 3.00. The topological polar surface area (TPSA) is 0 Å². The molecule has 0 spiro atoms. The van der Waals surface area contributed by atoms with Crippen LogP contribution >= 0.6 is 21.8 Å². The van der Waals surface area contributed by atoms with Crippen LogP contribution in [0.1, 0.15) is 0 Å². The molecule has 70 valence electrons. The van der Waals surface area contributed by atoms with Gasteiger partial charge in [-0.1, -0.05) is 60.7 Å². The lowest BCUT2D eigenvalue weighted by Crippen LogP contribution is -2.36. The van der Waals surface area contributed by atoms with Crippen molar-refractivity contribution in [3.05, 3.63) is 60.7 Å². The number of hydrogen-bond acceptors (Lipinski definition) is 0. The van der Waals surface area contributed by atoms with Crippen LogP contribution in [-0.4, -0.2) is 6.29 Å². The Hall–Kier alpha value is -0.613. The molecule has 0 aliphatic carbocycles. The van der Waals surface area contributed by atoms with Gasteiger partial charge in [0.1, 0.15) is 0 Å². The zero-order valence-electron chi connectivity index (χ0n) is 7.73. The molecule has 0 aliphatic rings. The smallest absolute Gasteiger partial charge is 0.111 e. The van der Waals surface area contributed by atoms with Crippen LogP contribution in [0.2, 0.25) is 0 Å². The van der Waals surface area contributed by atoms with E-state index >= 15 is 0 Å². The molecule has 2 aromatic carbocycles. The van der Waals surface area contributed by atoms with Crippen molar-refractivity contribution in [1.82, 2.24) is 0 Å². The molecular formula is C12H11ISi. The van der Waals surface area contributed by atoms with Crippen molar-refractivity contribution in [1.29, 1.82) is 0 Å². The van der Waals surface area contributed by atoms with E-state index in [1.54, 1.807) is 0 Å². The monoisotopic (exact) mass is 310 g/mol. The maximum atomic E-state index is 2.61. The van der Waals surface area contributed by atoms with Crippen molar-refractivity contribution < 1.29 is 0 Å². The standard InChI is InChI=1S/C12H11ISi/c13-14(11-7-3-1-4-8-11)12-9-5-2-6-10-12/h1-10,14H. The lowest BCUT2D eigenvalue weighted by atomic mass is 10.4. The second-order valence-electron chi connectivity index (χ2n) is 3.18. The maximum absolute atomic E-state index is 2.61.